The van der Waals surface area contributed by atoms with Gasteiger partial charge in [-0.05, 0) is 24.5 Å². The summed E-state index contributed by atoms with van der Waals surface area (Å²) in [6, 6.07) is 0. The first-order chi connectivity index (χ1) is 6.42. The van der Waals surface area contributed by atoms with Gasteiger partial charge in [-0.15, -0.1) is 0 Å². The molecule has 1 aromatic rings. The zero-order chi connectivity index (χ0) is 8.67. The van der Waals surface area contributed by atoms with E-state index in [1.165, 1.54) is 25.1 Å². The highest BCUT2D eigenvalue weighted by molar-refractivity contribution is 5.47. The van der Waals surface area contributed by atoms with Crippen LogP contribution in [-0.4, -0.2) is 29.5 Å². The van der Waals surface area contributed by atoms with Gasteiger partial charge in [-0.25, -0.2) is 4.98 Å². The SMILES string of the molecule is C(=C1/CN2CCC1C2)/c1ncco1. The van der Waals surface area contributed by atoms with Gasteiger partial charge in [0.2, 0.25) is 5.89 Å². The van der Waals surface area contributed by atoms with Crippen molar-refractivity contribution in [1.29, 1.82) is 0 Å². The van der Waals surface area contributed by atoms with Crippen molar-refractivity contribution >= 4 is 6.08 Å². The Morgan fingerprint density at radius 1 is 1.62 bits per heavy atom. The van der Waals surface area contributed by atoms with Crippen LogP contribution in [0.1, 0.15) is 12.3 Å². The van der Waals surface area contributed by atoms with Crippen LogP contribution in [0.25, 0.3) is 6.08 Å². The molecule has 0 amide bonds. The maximum Gasteiger partial charge on any atom is 0.218 e. The lowest BCUT2D eigenvalue weighted by atomic mass is 9.99. The van der Waals surface area contributed by atoms with Crippen molar-refractivity contribution in [3.8, 4) is 0 Å². The lowest BCUT2D eigenvalue weighted by Gasteiger charge is -2.13. The zero-order valence-electron chi connectivity index (χ0n) is 7.44. The molecule has 0 radical (unpaired) electrons. The molecule has 3 heterocycles. The third kappa shape index (κ3) is 1.20. The molecule has 2 saturated heterocycles. The first-order valence-electron chi connectivity index (χ1n) is 4.74. The third-order valence-electron chi connectivity index (χ3n) is 2.96. The topological polar surface area (TPSA) is 29.3 Å². The highest BCUT2D eigenvalue weighted by Gasteiger charge is 2.33. The van der Waals surface area contributed by atoms with E-state index in [0.717, 1.165) is 18.4 Å². The summed E-state index contributed by atoms with van der Waals surface area (Å²) in [7, 11) is 0. The second-order valence-corrected chi connectivity index (χ2v) is 3.81. The number of fused-ring (bicyclic) bond motifs is 2. The first kappa shape index (κ1) is 7.33. The van der Waals surface area contributed by atoms with Crippen LogP contribution in [0.15, 0.2) is 22.5 Å². The van der Waals surface area contributed by atoms with Crippen molar-refractivity contribution in [3.05, 3.63) is 23.9 Å². The quantitative estimate of drug-likeness (QED) is 0.647. The van der Waals surface area contributed by atoms with Gasteiger partial charge < -0.3 is 4.42 Å². The zero-order valence-corrected chi connectivity index (χ0v) is 7.44. The molecule has 0 aromatic carbocycles. The summed E-state index contributed by atoms with van der Waals surface area (Å²) in [5.74, 6) is 1.52. The Labute approximate surface area is 77.1 Å². The second kappa shape index (κ2) is 2.70. The average molecular weight is 176 g/mol. The van der Waals surface area contributed by atoms with Gasteiger partial charge in [0.05, 0.1) is 6.20 Å². The molecule has 3 nitrogen and oxygen atoms in total. The van der Waals surface area contributed by atoms with E-state index in [4.69, 9.17) is 4.42 Å². The lowest BCUT2D eigenvalue weighted by Crippen LogP contribution is -2.17. The van der Waals surface area contributed by atoms with Crippen LogP contribution < -0.4 is 0 Å². The molecule has 2 fully saturated rings. The average Bonchev–Trinajstić information content (AvgIpc) is 2.77. The van der Waals surface area contributed by atoms with E-state index in [-0.39, 0.29) is 0 Å². The van der Waals surface area contributed by atoms with Crippen LogP contribution in [0.2, 0.25) is 0 Å². The van der Waals surface area contributed by atoms with Crippen LogP contribution in [0.4, 0.5) is 0 Å². The lowest BCUT2D eigenvalue weighted by molar-refractivity contribution is 0.392. The maximum atomic E-state index is 5.20. The van der Waals surface area contributed by atoms with Crippen LogP contribution in [-0.2, 0) is 0 Å². The van der Waals surface area contributed by atoms with Crippen LogP contribution in [0.5, 0.6) is 0 Å². The van der Waals surface area contributed by atoms with Crippen molar-refractivity contribution < 1.29 is 4.42 Å². The summed E-state index contributed by atoms with van der Waals surface area (Å²) in [5.41, 5.74) is 1.49. The van der Waals surface area contributed by atoms with Crippen LogP contribution in [0.3, 0.4) is 0 Å². The summed E-state index contributed by atoms with van der Waals surface area (Å²) in [6.07, 6.45) is 6.73. The Hall–Kier alpha value is -1.09. The molecule has 2 bridgehead atoms. The van der Waals surface area contributed by atoms with E-state index in [9.17, 15) is 0 Å². The van der Waals surface area contributed by atoms with Gasteiger partial charge in [0, 0.05) is 19.2 Å². The summed E-state index contributed by atoms with van der Waals surface area (Å²) < 4.78 is 5.20. The van der Waals surface area contributed by atoms with Gasteiger partial charge in [0.25, 0.3) is 0 Å². The largest absolute Gasteiger partial charge is 0.445 e. The van der Waals surface area contributed by atoms with Gasteiger partial charge in [0.15, 0.2) is 0 Å². The summed E-state index contributed by atoms with van der Waals surface area (Å²) in [5, 5.41) is 0. The highest BCUT2D eigenvalue weighted by atomic mass is 16.3. The van der Waals surface area contributed by atoms with Crippen molar-refractivity contribution in [2.75, 3.05) is 19.6 Å². The molecule has 2 aliphatic heterocycles. The minimum atomic E-state index is 0.753. The molecule has 3 rings (SSSR count). The fraction of sp³-hybridized carbons (Fsp3) is 0.500. The molecule has 0 aliphatic carbocycles. The predicted octanol–water partition coefficient (Wildman–Crippen LogP) is 1.39. The van der Waals surface area contributed by atoms with Crippen LogP contribution in [0, 0.1) is 5.92 Å². The van der Waals surface area contributed by atoms with Gasteiger partial charge in [0.1, 0.15) is 6.26 Å². The molecule has 0 saturated carbocycles. The van der Waals surface area contributed by atoms with Gasteiger partial charge in [-0.2, -0.15) is 0 Å². The molecule has 2 aliphatic rings. The van der Waals surface area contributed by atoms with E-state index in [0.29, 0.717) is 0 Å². The van der Waals surface area contributed by atoms with Crippen molar-refractivity contribution in [2.45, 2.75) is 6.42 Å². The van der Waals surface area contributed by atoms with E-state index in [1.54, 1.807) is 12.5 Å². The monoisotopic (exact) mass is 176 g/mol. The molecule has 68 valence electrons. The minimum absolute atomic E-state index is 0.753. The Balaban J connectivity index is 1.86. The maximum absolute atomic E-state index is 5.20. The number of nitrogens with zero attached hydrogens (tertiary/aromatic N) is 2. The normalized spacial score (nSPS) is 34.6. The van der Waals surface area contributed by atoms with Crippen molar-refractivity contribution in [1.82, 2.24) is 9.88 Å². The number of hydrogen-bond acceptors (Lipinski definition) is 3. The molecular formula is C10H12N2O. The van der Waals surface area contributed by atoms with Gasteiger partial charge >= 0.3 is 0 Å². The Morgan fingerprint density at radius 2 is 2.62 bits per heavy atom. The summed E-state index contributed by atoms with van der Waals surface area (Å²) in [4.78, 5) is 6.59. The second-order valence-electron chi connectivity index (χ2n) is 3.81. The molecule has 13 heavy (non-hydrogen) atoms. The minimum Gasteiger partial charge on any atom is -0.445 e. The molecule has 3 heteroatoms. The van der Waals surface area contributed by atoms with E-state index >= 15 is 0 Å². The number of aromatic nitrogens is 1. The van der Waals surface area contributed by atoms with Crippen LogP contribution >= 0.6 is 0 Å². The third-order valence-corrected chi connectivity index (χ3v) is 2.96. The van der Waals surface area contributed by atoms with E-state index in [2.05, 4.69) is 16.0 Å². The van der Waals surface area contributed by atoms with Crippen molar-refractivity contribution in [2.24, 2.45) is 5.92 Å². The fourth-order valence-electron chi connectivity index (χ4n) is 2.29. The molecular weight excluding hydrogens is 164 g/mol. The Morgan fingerprint density at radius 3 is 3.23 bits per heavy atom. The number of hydrogen-bond donors (Lipinski definition) is 0. The smallest absolute Gasteiger partial charge is 0.218 e. The molecule has 0 spiro atoms. The van der Waals surface area contributed by atoms with Gasteiger partial charge in [-0.3, -0.25) is 4.90 Å². The number of oxazole rings is 1. The van der Waals surface area contributed by atoms with E-state index < -0.39 is 0 Å². The Bertz CT molecular complexity index is 329. The molecule has 2 atom stereocenters. The Kier molecular flexibility index (Phi) is 1.52. The highest BCUT2D eigenvalue weighted by Crippen LogP contribution is 2.33. The number of rotatable bonds is 1. The molecule has 1 aromatic heterocycles. The first-order valence-corrected chi connectivity index (χ1v) is 4.74. The molecule has 2 unspecified atom stereocenters. The van der Waals surface area contributed by atoms with E-state index in [1.807, 2.05) is 0 Å². The number of piperidine rings is 1. The fourth-order valence-corrected chi connectivity index (χ4v) is 2.29. The standard InChI is InChI=1S/C10H12N2O/c1-3-12-6-8(1)9(7-12)5-10-11-2-4-13-10/h2,4-5,8H,1,3,6-7H2/b9-5+. The predicted molar refractivity (Wildman–Crippen MR) is 49.0 cm³/mol. The summed E-state index contributed by atoms with van der Waals surface area (Å²) in [6.45, 7) is 3.63. The van der Waals surface area contributed by atoms with Gasteiger partial charge in [-0.1, -0.05) is 0 Å². The molecule has 0 N–H and O–H groups in total. The van der Waals surface area contributed by atoms with Crippen molar-refractivity contribution in [3.63, 3.8) is 0 Å². The summed E-state index contributed by atoms with van der Waals surface area (Å²) >= 11 is 0.